The fourth-order valence-electron chi connectivity index (χ4n) is 1.34. The van der Waals surface area contributed by atoms with Crippen molar-refractivity contribution in [3.05, 3.63) is 41.2 Å². The molecular weight excluding hydrogens is 286 g/mol. The zero-order valence-corrected chi connectivity index (χ0v) is 11.5. The second-order valence-electron chi connectivity index (χ2n) is 3.51. The lowest BCUT2D eigenvalue weighted by Crippen LogP contribution is -2.06. The van der Waals surface area contributed by atoms with Gasteiger partial charge in [-0.25, -0.2) is 14.8 Å². The molecule has 0 atom stereocenters. The Hall–Kier alpha value is -1.79. The van der Waals surface area contributed by atoms with Gasteiger partial charge < -0.3 is 10.5 Å². The summed E-state index contributed by atoms with van der Waals surface area (Å²) in [6.45, 7) is 0. The minimum Gasteiger partial charge on any atom is -0.465 e. The van der Waals surface area contributed by atoms with Crippen LogP contribution in [0.15, 0.2) is 40.6 Å². The average molecular weight is 296 g/mol. The Morgan fingerprint density at radius 3 is 2.89 bits per heavy atom. The molecule has 0 aliphatic heterocycles. The predicted molar refractivity (Wildman–Crippen MR) is 73.4 cm³/mol. The molecule has 0 saturated heterocycles. The number of nitrogens with two attached hydrogens (primary N) is 1. The van der Waals surface area contributed by atoms with Crippen LogP contribution >= 0.6 is 23.4 Å². The monoisotopic (exact) mass is 295 g/mol. The minimum absolute atomic E-state index is 0.286. The molecule has 0 radical (unpaired) electrons. The molecule has 0 aromatic carbocycles. The summed E-state index contributed by atoms with van der Waals surface area (Å²) in [5.74, 6) is -0.505. The maximum Gasteiger partial charge on any atom is 0.340 e. The Morgan fingerprint density at radius 2 is 2.21 bits per heavy atom. The molecule has 0 unspecified atom stereocenters. The fraction of sp³-hybridized carbons (Fsp3) is 0.0833. The molecule has 0 fully saturated rings. The first-order valence-electron chi connectivity index (χ1n) is 5.24. The highest BCUT2D eigenvalue weighted by Crippen LogP contribution is 2.32. The van der Waals surface area contributed by atoms with E-state index in [4.69, 9.17) is 22.1 Å². The van der Waals surface area contributed by atoms with Gasteiger partial charge in [0.05, 0.1) is 29.6 Å². The lowest BCUT2D eigenvalue weighted by molar-refractivity contribution is 0.0596. The summed E-state index contributed by atoms with van der Waals surface area (Å²) in [7, 11) is 1.30. The molecule has 0 aliphatic carbocycles. The molecule has 2 rings (SSSR count). The van der Waals surface area contributed by atoms with Gasteiger partial charge in [-0.15, -0.1) is 0 Å². The molecule has 0 bridgehead atoms. The van der Waals surface area contributed by atoms with Crippen LogP contribution in [0, 0.1) is 0 Å². The smallest absolute Gasteiger partial charge is 0.340 e. The Labute approximate surface area is 119 Å². The van der Waals surface area contributed by atoms with Gasteiger partial charge in [-0.05, 0) is 30.0 Å². The number of anilines is 1. The van der Waals surface area contributed by atoms with Crippen LogP contribution in [0.25, 0.3) is 0 Å². The number of esters is 1. The van der Waals surface area contributed by atoms with E-state index in [-0.39, 0.29) is 5.56 Å². The maximum atomic E-state index is 11.7. The number of rotatable bonds is 3. The van der Waals surface area contributed by atoms with E-state index in [1.165, 1.54) is 31.1 Å². The van der Waals surface area contributed by atoms with Crippen LogP contribution in [-0.4, -0.2) is 23.0 Å². The van der Waals surface area contributed by atoms with Gasteiger partial charge in [-0.1, -0.05) is 11.6 Å². The number of halogens is 1. The van der Waals surface area contributed by atoms with Crippen molar-refractivity contribution in [1.29, 1.82) is 0 Å². The van der Waals surface area contributed by atoms with E-state index in [0.29, 0.717) is 20.8 Å². The third-order valence-electron chi connectivity index (χ3n) is 2.20. The molecule has 0 aliphatic rings. The van der Waals surface area contributed by atoms with E-state index < -0.39 is 5.97 Å². The van der Waals surface area contributed by atoms with Crippen LogP contribution in [0.3, 0.4) is 0 Å². The van der Waals surface area contributed by atoms with Crippen molar-refractivity contribution in [3.8, 4) is 0 Å². The molecule has 0 spiro atoms. The molecule has 5 nitrogen and oxygen atoms in total. The van der Waals surface area contributed by atoms with Crippen molar-refractivity contribution >= 4 is 35.0 Å². The highest BCUT2D eigenvalue weighted by atomic mass is 35.5. The van der Waals surface area contributed by atoms with Crippen molar-refractivity contribution in [3.63, 3.8) is 0 Å². The Morgan fingerprint density at radius 1 is 1.42 bits per heavy atom. The van der Waals surface area contributed by atoms with E-state index in [1.807, 2.05) is 0 Å². The molecule has 7 heteroatoms. The highest BCUT2D eigenvalue weighted by molar-refractivity contribution is 7.99. The second-order valence-corrected chi connectivity index (χ2v) is 4.89. The van der Waals surface area contributed by atoms with Crippen LogP contribution < -0.4 is 5.73 Å². The number of nitrogens with zero attached hydrogens (tertiary/aromatic N) is 2. The molecule has 98 valence electrons. The van der Waals surface area contributed by atoms with E-state index in [1.54, 1.807) is 18.3 Å². The SMILES string of the molecule is COC(=O)c1cc(N)cnc1Sc1ncccc1Cl. The number of nitrogen functional groups attached to an aromatic ring is 1. The summed E-state index contributed by atoms with van der Waals surface area (Å²) < 4.78 is 4.70. The number of carbonyl (C=O) groups excluding carboxylic acids is 1. The number of pyridine rings is 2. The number of aromatic nitrogens is 2. The summed E-state index contributed by atoms with van der Waals surface area (Å²) in [4.78, 5) is 19.9. The number of hydrogen-bond acceptors (Lipinski definition) is 6. The van der Waals surface area contributed by atoms with Crippen molar-refractivity contribution in [2.24, 2.45) is 0 Å². The van der Waals surface area contributed by atoms with Gasteiger partial charge >= 0.3 is 5.97 Å². The zero-order chi connectivity index (χ0) is 13.8. The van der Waals surface area contributed by atoms with Gasteiger partial charge in [0.25, 0.3) is 0 Å². The Bertz CT molecular complexity index is 622. The molecule has 0 amide bonds. The third kappa shape index (κ3) is 3.15. The molecule has 2 N–H and O–H groups in total. The van der Waals surface area contributed by atoms with Gasteiger partial charge in [0.2, 0.25) is 0 Å². The van der Waals surface area contributed by atoms with E-state index in [2.05, 4.69) is 9.97 Å². The summed E-state index contributed by atoms with van der Waals surface area (Å²) in [6.07, 6.45) is 3.08. The van der Waals surface area contributed by atoms with Crippen molar-refractivity contribution in [2.45, 2.75) is 10.1 Å². The number of methoxy groups -OCH3 is 1. The lowest BCUT2D eigenvalue weighted by atomic mass is 10.3. The number of hydrogen-bond donors (Lipinski definition) is 1. The molecule has 2 aromatic rings. The summed E-state index contributed by atoms with van der Waals surface area (Å²) >= 11 is 7.20. The third-order valence-corrected chi connectivity index (χ3v) is 3.65. The van der Waals surface area contributed by atoms with Crippen LogP contribution in [0.1, 0.15) is 10.4 Å². The van der Waals surface area contributed by atoms with Crippen LogP contribution in [0.5, 0.6) is 0 Å². The minimum atomic E-state index is -0.505. The van der Waals surface area contributed by atoms with Crippen LogP contribution in [0.4, 0.5) is 5.69 Å². The van der Waals surface area contributed by atoms with E-state index >= 15 is 0 Å². The summed E-state index contributed by atoms with van der Waals surface area (Å²) in [5, 5.41) is 1.50. The van der Waals surface area contributed by atoms with E-state index in [9.17, 15) is 4.79 Å². The largest absolute Gasteiger partial charge is 0.465 e. The van der Waals surface area contributed by atoms with Crippen molar-refractivity contribution in [1.82, 2.24) is 9.97 Å². The van der Waals surface area contributed by atoms with Crippen LogP contribution in [0.2, 0.25) is 5.02 Å². The van der Waals surface area contributed by atoms with Gasteiger partial charge in [-0.2, -0.15) is 0 Å². The predicted octanol–water partition coefficient (Wildman–Crippen LogP) is 2.65. The van der Waals surface area contributed by atoms with Crippen LogP contribution in [-0.2, 0) is 4.74 Å². The second kappa shape index (κ2) is 5.90. The summed E-state index contributed by atoms with van der Waals surface area (Å²) in [5.41, 5.74) is 6.29. The summed E-state index contributed by atoms with van der Waals surface area (Å²) in [6, 6.07) is 4.95. The van der Waals surface area contributed by atoms with Gasteiger partial charge in [0.15, 0.2) is 0 Å². The van der Waals surface area contributed by atoms with E-state index in [0.717, 1.165) is 0 Å². The first kappa shape index (κ1) is 13.6. The standard InChI is InChI=1S/C12H10ClN3O2S/c1-18-12(17)8-5-7(14)6-16-10(8)19-11-9(13)3-2-4-15-11/h2-6H,14H2,1H3. The first-order chi connectivity index (χ1) is 9.11. The molecule has 2 heterocycles. The Balaban J connectivity index is 2.40. The molecule has 19 heavy (non-hydrogen) atoms. The molecule has 2 aromatic heterocycles. The topological polar surface area (TPSA) is 78.1 Å². The van der Waals surface area contributed by atoms with Gasteiger partial charge in [-0.3, -0.25) is 0 Å². The van der Waals surface area contributed by atoms with Crippen molar-refractivity contribution < 1.29 is 9.53 Å². The zero-order valence-electron chi connectivity index (χ0n) is 9.96. The number of ether oxygens (including phenoxy) is 1. The highest BCUT2D eigenvalue weighted by Gasteiger charge is 2.16. The first-order valence-corrected chi connectivity index (χ1v) is 6.43. The molecular formula is C12H10ClN3O2S. The molecule has 0 saturated carbocycles. The van der Waals surface area contributed by atoms with Gasteiger partial charge in [0, 0.05) is 6.20 Å². The fourth-order valence-corrected chi connectivity index (χ4v) is 2.40. The van der Waals surface area contributed by atoms with Gasteiger partial charge in [0.1, 0.15) is 10.1 Å². The lowest BCUT2D eigenvalue weighted by Gasteiger charge is -2.07. The number of carbonyl (C=O) groups is 1. The quantitative estimate of drug-likeness (QED) is 0.877. The Kier molecular flexibility index (Phi) is 4.24. The average Bonchev–Trinajstić information content (AvgIpc) is 2.42. The maximum absolute atomic E-state index is 11.7. The normalized spacial score (nSPS) is 10.2. The van der Waals surface area contributed by atoms with Crippen molar-refractivity contribution in [2.75, 3.05) is 12.8 Å².